The van der Waals surface area contributed by atoms with E-state index in [4.69, 9.17) is 10.5 Å². The molecule has 1 amide bonds. The molecule has 0 radical (unpaired) electrons. The second-order valence-corrected chi connectivity index (χ2v) is 7.44. The SMILES string of the molecule is CC1OCCC1CNC(=O)c1sc(NC(C)(C)C)nc1N. The zero-order valence-electron chi connectivity index (χ0n) is 13.0. The average molecular weight is 312 g/mol. The summed E-state index contributed by atoms with van der Waals surface area (Å²) in [6, 6.07) is 0. The van der Waals surface area contributed by atoms with Crippen LogP contribution in [-0.2, 0) is 4.74 Å². The third-order valence-corrected chi connectivity index (χ3v) is 4.38. The Morgan fingerprint density at radius 3 is 2.81 bits per heavy atom. The van der Waals surface area contributed by atoms with Gasteiger partial charge in [0, 0.05) is 24.6 Å². The minimum Gasteiger partial charge on any atom is -0.382 e. The predicted octanol–water partition coefficient (Wildman–Crippen LogP) is 2.09. The van der Waals surface area contributed by atoms with Gasteiger partial charge in [-0.25, -0.2) is 4.98 Å². The summed E-state index contributed by atoms with van der Waals surface area (Å²) in [6.07, 6.45) is 1.18. The molecular formula is C14H24N4O2S. The van der Waals surface area contributed by atoms with E-state index in [0.29, 0.717) is 22.5 Å². The number of nitrogens with two attached hydrogens (primary N) is 1. The number of thiazole rings is 1. The number of carbonyl (C=O) groups is 1. The summed E-state index contributed by atoms with van der Waals surface area (Å²) in [5, 5.41) is 6.83. The molecule has 6 nitrogen and oxygen atoms in total. The van der Waals surface area contributed by atoms with Crippen LogP contribution in [0.1, 0.15) is 43.8 Å². The number of anilines is 2. The Balaban J connectivity index is 1.96. The van der Waals surface area contributed by atoms with Gasteiger partial charge >= 0.3 is 0 Å². The van der Waals surface area contributed by atoms with Crippen molar-refractivity contribution in [3.8, 4) is 0 Å². The van der Waals surface area contributed by atoms with Crippen LogP contribution in [0.15, 0.2) is 0 Å². The van der Waals surface area contributed by atoms with Crippen molar-refractivity contribution in [2.24, 2.45) is 5.92 Å². The van der Waals surface area contributed by atoms with Crippen LogP contribution in [0.3, 0.4) is 0 Å². The Morgan fingerprint density at radius 1 is 1.52 bits per heavy atom. The Kier molecular flexibility index (Phi) is 4.73. The predicted molar refractivity (Wildman–Crippen MR) is 85.8 cm³/mol. The highest BCUT2D eigenvalue weighted by molar-refractivity contribution is 7.18. The molecule has 2 rings (SSSR count). The van der Waals surface area contributed by atoms with Crippen LogP contribution >= 0.6 is 11.3 Å². The fourth-order valence-electron chi connectivity index (χ4n) is 2.22. The molecule has 1 aromatic rings. The lowest BCUT2D eigenvalue weighted by molar-refractivity contribution is 0.0911. The molecule has 1 aliphatic rings. The number of hydrogen-bond donors (Lipinski definition) is 3. The molecule has 0 saturated carbocycles. The Labute approximate surface area is 129 Å². The number of nitrogens with zero attached hydrogens (tertiary/aromatic N) is 1. The van der Waals surface area contributed by atoms with Gasteiger partial charge in [0.2, 0.25) is 0 Å². The smallest absolute Gasteiger partial charge is 0.265 e. The van der Waals surface area contributed by atoms with Crippen molar-refractivity contribution in [3.05, 3.63) is 4.88 Å². The van der Waals surface area contributed by atoms with Crippen LogP contribution in [0.25, 0.3) is 0 Å². The van der Waals surface area contributed by atoms with Gasteiger partial charge in [-0.15, -0.1) is 0 Å². The fourth-order valence-corrected chi connectivity index (χ4v) is 3.23. The number of amides is 1. The van der Waals surface area contributed by atoms with Crippen LogP contribution in [0.4, 0.5) is 10.9 Å². The van der Waals surface area contributed by atoms with E-state index in [9.17, 15) is 4.79 Å². The Morgan fingerprint density at radius 2 is 2.24 bits per heavy atom. The van der Waals surface area contributed by atoms with Crippen LogP contribution in [0, 0.1) is 5.92 Å². The highest BCUT2D eigenvalue weighted by atomic mass is 32.1. The molecule has 2 atom stereocenters. The highest BCUT2D eigenvalue weighted by Crippen LogP contribution is 2.27. The van der Waals surface area contributed by atoms with Crippen molar-refractivity contribution in [2.75, 3.05) is 24.2 Å². The normalized spacial score (nSPS) is 22.3. The molecule has 0 aliphatic carbocycles. The maximum absolute atomic E-state index is 12.2. The molecule has 2 heterocycles. The van der Waals surface area contributed by atoms with Crippen molar-refractivity contribution < 1.29 is 9.53 Å². The molecule has 1 saturated heterocycles. The summed E-state index contributed by atoms with van der Waals surface area (Å²) in [4.78, 5) is 16.9. The van der Waals surface area contributed by atoms with Gasteiger partial charge in [-0.1, -0.05) is 11.3 Å². The second kappa shape index (κ2) is 6.19. The summed E-state index contributed by atoms with van der Waals surface area (Å²) in [5.74, 6) is 0.487. The molecule has 1 fully saturated rings. The number of ether oxygens (including phenoxy) is 1. The Bertz CT molecular complexity index is 510. The van der Waals surface area contributed by atoms with Crippen molar-refractivity contribution >= 4 is 28.2 Å². The number of nitrogens with one attached hydrogen (secondary N) is 2. The van der Waals surface area contributed by atoms with Gasteiger partial charge in [0.25, 0.3) is 5.91 Å². The minimum absolute atomic E-state index is 0.116. The third kappa shape index (κ3) is 4.31. The maximum atomic E-state index is 12.2. The van der Waals surface area contributed by atoms with Gasteiger partial charge in [0.05, 0.1) is 6.10 Å². The molecular weight excluding hydrogens is 288 g/mol. The van der Waals surface area contributed by atoms with Gasteiger partial charge in [-0.05, 0) is 34.1 Å². The van der Waals surface area contributed by atoms with E-state index in [1.807, 2.05) is 27.7 Å². The maximum Gasteiger partial charge on any atom is 0.265 e. The zero-order chi connectivity index (χ0) is 15.6. The molecule has 0 aromatic carbocycles. The number of rotatable bonds is 4. The van der Waals surface area contributed by atoms with Crippen LogP contribution in [0.5, 0.6) is 0 Å². The number of aromatic nitrogens is 1. The molecule has 7 heteroatoms. The quantitative estimate of drug-likeness (QED) is 0.792. The van der Waals surface area contributed by atoms with E-state index in [0.717, 1.165) is 13.0 Å². The first-order valence-electron chi connectivity index (χ1n) is 7.20. The highest BCUT2D eigenvalue weighted by Gasteiger charge is 2.25. The first kappa shape index (κ1) is 16.0. The van der Waals surface area contributed by atoms with Gasteiger partial charge in [-0.2, -0.15) is 0 Å². The Hall–Kier alpha value is -1.34. The minimum atomic E-state index is -0.161. The summed E-state index contributed by atoms with van der Waals surface area (Å²) in [5.41, 5.74) is 5.73. The van der Waals surface area contributed by atoms with Crippen molar-refractivity contribution in [1.82, 2.24) is 10.3 Å². The topological polar surface area (TPSA) is 89.3 Å². The van der Waals surface area contributed by atoms with E-state index in [2.05, 4.69) is 15.6 Å². The molecule has 2 unspecified atom stereocenters. The van der Waals surface area contributed by atoms with E-state index >= 15 is 0 Å². The lowest BCUT2D eigenvalue weighted by Crippen LogP contribution is -2.31. The van der Waals surface area contributed by atoms with E-state index < -0.39 is 0 Å². The van der Waals surface area contributed by atoms with Crippen molar-refractivity contribution in [3.63, 3.8) is 0 Å². The summed E-state index contributed by atoms with van der Waals surface area (Å²) in [6.45, 7) is 9.52. The molecule has 118 valence electrons. The van der Waals surface area contributed by atoms with Crippen LogP contribution in [-0.4, -0.2) is 35.7 Å². The van der Waals surface area contributed by atoms with Gasteiger partial charge in [-0.3, -0.25) is 4.79 Å². The number of nitrogen functional groups attached to an aromatic ring is 1. The first-order chi connectivity index (χ1) is 9.76. The monoisotopic (exact) mass is 312 g/mol. The van der Waals surface area contributed by atoms with Crippen molar-refractivity contribution in [1.29, 1.82) is 0 Å². The third-order valence-electron chi connectivity index (χ3n) is 3.40. The second-order valence-electron chi connectivity index (χ2n) is 6.44. The largest absolute Gasteiger partial charge is 0.382 e. The summed E-state index contributed by atoms with van der Waals surface area (Å²) < 4.78 is 5.49. The van der Waals surface area contributed by atoms with Gasteiger partial charge in [0.1, 0.15) is 10.7 Å². The molecule has 1 aromatic heterocycles. The standard InChI is InChI=1S/C14H24N4O2S/c1-8-9(5-6-20-8)7-16-12(19)10-11(15)17-13(21-10)18-14(2,3)4/h8-9H,5-7,15H2,1-4H3,(H,16,19)(H,17,18). The number of hydrogen-bond acceptors (Lipinski definition) is 6. The first-order valence-corrected chi connectivity index (χ1v) is 8.02. The van der Waals surface area contributed by atoms with E-state index in [1.54, 1.807) is 0 Å². The van der Waals surface area contributed by atoms with E-state index in [-0.39, 0.29) is 23.4 Å². The van der Waals surface area contributed by atoms with Gasteiger partial charge in [0.15, 0.2) is 5.13 Å². The lowest BCUT2D eigenvalue weighted by atomic mass is 10.0. The molecule has 4 N–H and O–H groups in total. The van der Waals surface area contributed by atoms with E-state index in [1.165, 1.54) is 11.3 Å². The molecule has 0 spiro atoms. The van der Waals surface area contributed by atoms with Gasteiger partial charge < -0.3 is 21.1 Å². The summed E-state index contributed by atoms with van der Waals surface area (Å²) >= 11 is 1.29. The van der Waals surface area contributed by atoms with Crippen LogP contribution in [0.2, 0.25) is 0 Å². The number of carbonyl (C=O) groups excluding carboxylic acids is 1. The zero-order valence-corrected chi connectivity index (χ0v) is 13.8. The van der Waals surface area contributed by atoms with Crippen molar-refractivity contribution in [2.45, 2.75) is 45.8 Å². The molecule has 0 bridgehead atoms. The fraction of sp³-hybridized carbons (Fsp3) is 0.714. The van der Waals surface area contributed by atoms with Crippen LogP contribution < -0.4 is 16.4 Å². The summed E-state index contributed by atoms with van der Waals surface area (Å²) in [7, 11) is 0. The molecule has 1 aliphatic heterocycles. The lowest BCUT2D eigenvalue weighted by Gasteiger charge is -2.19. The average Bonchev–Trinajstić information content (AvgIpc) is 2.91. The molecule has 21 heavy (non-hydrogen) atoms.